The summed E-state index contributed by atoms with van der Waals surface area (Å²) in [6.45, 7) is 1.44. The van der Waals surface area contributed by atoms with Crippen LogP contribution in [0.3, 0.4) is 0 Å². The fourth-order valence-corrected chi connectivity index (χ4v) is 6.93. The van der Waals surface area contributed by atoms with Gasteiger partial charge in [-0.2, -0.15) is 4.31 Å². The molecule has 1 fully saturated rings. The van der Waals surface area contributed by atoms with Crippen LogP contribution in [0.1, 0.15) is 33.6 Å². The molecule has 8 nitrogen and oxygen atoms in total. The first-order valence-electron chi connectivity index (χ1n) is 10.4. The summed E-state index contributed by atoms with van der Waals surface area (Å²) in [7, 11) is -2.24. The number of nitrogens with zero attached hydrogens (tertiary/aromatic N) is 1. The number of hydrogen-bond donors (Lipinski definition) is 2. The van der Waals surface area contributed by atoms with E-state index in [9.17, 15) is 13.2 Å². The Morgan fingerprint density at radius 3 is 2.69 bits per heavy atom. The van der Waals surface area contributed by atoms with E-state index in [4.69, 9.17) is 21.7 Å². The van der Waals surface area contributed by atoms with Crippen LogP contribution in [0.2, 0.25) is 0 Å². The van der Waals surface area contributed by atoms with Crippen LogP contribution in [-0.4, -0.2) is 57.2 Å². The molecule has 32 heavy (non-hydrogen) atoms. The van der Waals surface area contributed by atoms with Gasteiger partial charge in [0.25, 0.3) is 0 Å². The van der Waals surface area contributed by atoms with Gasteiger partial charge in [-0.1, -0.05) is 6.07 Å². The van der Waals surface area contributed by atoms with E-state index in [1.54, 1.807) is 24.3 Å². The second-order valence-corrected chi connectivity index (χ2v) is 11.0. The average molecular weight is 496 g/mol. The summed E-state index contributed by atoms with van der Waals surface area (Å²) >= 11 is 6.98. The summed E-state index contributed by atoms with van der Waals surface area (Å²) in [5, 5.41) is 7.08. The Bertz CT molecular complexity index is 1120. The largest absolute Gasteiger partial charge is 0.465 e. The molecule has 2 N–H and O–H groups in total. The Hall–Kier alpha value is -2.05. The molecule has 0 unspecified atom stereocenters. The minimum Gasteiger partial charge on any atom is -0.465 e. The number of hydrogen-bond acceptors (Lipinski definition) is 7. The number of fused-ring (bicyclic) bond motifs is 1. The van der Waals surface area contributed by atoms with E-state index in [0.717, 1.165) is 31.2 Å². The number of sulfonamides is 1. The molecule has 1 aliphatic carbocycles. The molecule has 0 atom stereocenters. The fraction of sp³-hybridized carbons (Fsp3) is 0.429. The van der Waals surface area contributed by atoms with E-state index < -0.39 is 10.0 Å². The Morgan fingerprint density at radius 2 is 1.94 bits per heavy atom. The molecular formula is C21H25N3O5S3. The van der Waals surface area contributed by atoms with Gasteiger partial charge in [0.15, 0.2) is 5.11 Å². The molecule has 1 aromatic heterocycles. The topological polar surface area (TPSA) is 97.0 Å². The first-order chi connectivity index (χ1) is 15.4. The molecule has 1 saturated heterocycles. The second kappa shape index (κ2) is 9.84. The van der Waals surface area contributed by atoms with E-state index >= 15 is 0 Å². The number of aryl methyl sites for hydroxylation is 1. The van der Waals surface area contributed by atoms with Crippen molar-refractivity contribution < 1.29 is 22.7 Å². The lowest BCUT2D eigenvalue weighted by molar-refractivity contribution is 0.0601. The third kappa shape index (κ3) is 4.81. The summed E-state index contributed by atoms with van der Waals surface area (Å²) in [4.78, 5) is 13.8. The Morgan fingerprint density at radius 1 is 1.19 bits per heavy atom. The fourth-order valence-electron chi connectivity index (χ4n) is 3.91. The van der Waals surface area contributed by atoms with Crippen LogP contribution in [0.15, 0.2) is 29.2 Å². The molecule has 1 aromatic carbocycles. The number of thiophene rings is 1. The Balaban J connectivity index is 1.51. The number of esters is 1. The molecular weight excluding hydrogens is 470 g/mol. The SMILES string of the molecule is COC(=O)c1c(NC(=S)Nc2cccc(S(=O)(=O)N3CCOCC3)c2)sc2c1CCCC2. The first-order valence-corrected chi connectivity index (χ1v) is 13.1. The maximum absolute atomic E-state index is 12.9. The highest BCUT2D eigenvalue weighted by Crippen LogP contribution is 2.38. The minimum atomic E-state index is -3.61. The van der Waals surface area contributed by atoms with Crippen molar-refractivity contribution in [3.63, 3.8) is 0 Å². The van der Waals surface area contributed by atoms with Crippen LogP contribution in [0.4, 0.5) is 10.7 Å². The molecule has 4 rings (SSSR count). The van der Waals surface area contributed by atoms with E-state index in [-0.39, 0.29) is 16.0 Å². The standard InChI is InChI=1S/C21H25N3O5S3/c1-28-20(25)18-16-7-2-3-8-17(16)31-19(18)23-21(30)22-14-5-4-6-15(13-14)32(26,27)24-9-11-29-12-10-24/h4-6,13H,2-3,7-12H2,1H3,(H2,22,23,30). The van der Waals surface area contributed by atoms with Crippen molar-refractivity contribution in [3.8, 4) is 0 Å². The van der Waals surface area contributed by atoms with Crippen LogP contribution < -0.4 is 10.6 Å². The van der Waals surface area contributed by atoms with E-state index in [1.165, 1.54) is 27.6 Å². The molecule has 0 saturated carbocycles. The van der Waals surface area contributed by atoms with Gasteiger partial charge in [0.05, 0.1) is 30.8 Å². The van der Waals surface area contributed by atoms with Crippen molar-refractivity contribution in [1.82, 2.24) is 4.31 Å². The van der Waals surface area contributed by atoms with Crippen LogP contribution in [0.25, 0.3) is 0 Å². The van der Waals surface area contributed by atoms with Crippen LogP contribution in [0, 0.1) is 0 Å². The van der Waals surface area contributed by atoms with Crippen molar-refractivity contribution in [1.29, 1.82) is 0 Å². The highest BCUT2D eigenvalue weighted by molar-refractivity contribution is 7.89. The number of benzene rings is 1. The predicted molar refractivity (Wildman–Crippen MR) is 128 cm³/mol. The molecule has 2 aliphatic rings. The zero-order valence-corrected chi connectivity index (χ0v) is 20.1. The molecule has 0 spiro atoms. The number of carbonyl (C=O) groups is 1. The van der Waals surface area contributed by atoms with E-state index in [0.29, 0.717) is 42.6 Å². The molecule has 172 valence electrons. The third-order valence-corrected chi connectivity index (χ3v) is 8.79. The second-order valence-electron chi connectivity index (χ2n) is 7.53. The number of nitrogens with one attached hydrogen (secondary N) is 2. The highest BCUT2D eigenvalue weighted by atomic mass is 32.2. The zero-order chi connectivity index (χ0) is 22.7. The quantitative estimate of drug-likeness (QED) is 0.482. The van der Waals surface area contributed by atoms with Gasteiger partial charge in [-0.15, -0.1) is 11.3 Å². The van der Waals surface area contributed by atoms with Gasteiger partial charge in [0.1, 0.15) is 5.00 Å². The lowest BCUT2D eigenvalue weighted by Crippen LogP contribution is -2.40. The maximum atomic E-state index is 12.9. The summed E-state index contributed by atoms with van der Waals surface area (Å²) in [5.41, 5.74) is 2.12. The number of methoxy groups -OCH3 is 1. The smallest absolute Gasteiger partial charge is 0.341 e. The van der Waals surface area contributed by atoms with Crippen LogP contribution in [-0.2, 0) is 32.3 Å². The lowest BCUT2D eigenvalue weighted by atomic mass is 9.95. The Kier molecular flexibility index (Phi) is 7.11. The van der Waals surface area contributed by atoms with Crippen molar-refractivity contribution in [3.05, 3.63) is 40.3 Å². The van der Waals surface area contributed by atoms with Crippen LogP contribution >= 0.6 is 23.6 Å². The minimum absolute atomic E-state index is 0.189. The summed E-state index contributed by atoms with van der Waals surface area (Å²) in [6.07, 6.45) is 3.92. The summed E-state index contributed by atoms with van der Waals surface area (Å²) < 4.78 is 37.5. The molecule has 11 heteroatoms. The van der Waals surface area contributed by atoms with Gasteiger partial charge in [0.2, 0.25) is 10.0 Å². The zero-order valence-electron chi connectivity index (χ0n) is 17.7. The molecule has 1 aliphatic heterocycles. The Labute approximate surface area is 196 Å². The number of rotatable bonds is 5. The number of ether oxygens (including phenoxy) is 2. The molecule has 2 heterocycles. The summed E-state index contributed by atoms with van der Waals surface area (Å²) in [5.74, 6) is -0.381. The van der Waals surface area contributed by atoms with E-state index in [2.05, 4.69) is 10.6 Å². The van der Waals surface area contributed by atoms with Crippen molar-refractivity contribution in [2.45, 2.75) is 30.6 Å². The van der Waals surface area contributed by atoms with Crippen molar-refractivity contribution in [2.75, 3.05) is 44.0 Å². The van der Waals surface area contributed by atoms with Gasteiger partial charge in [-0.25, -0.2) is 13.2 Å². The van der Waals surface area contributed by atoms with Crippen LogP contribution in [0.5, 0.6) is 0 Å². The molecule has 2 aromatic rings. The average Bonchev–Trinajstić information content (AvgIpc) is 3.17. The molecule has 0 radical (unpaired) electrons. The highest BCUT2D eigenvalue weighted by Gasteiger charge is 2.28. The number of thiocarbonyl (C=S) groups is 1. The number of carbonyl (C=O) groups excluding carboxylic acids is 1. The lowest BCUT2D eigenvalue weighted by Gasteiger charge is -2.26. The van der Waals surface area contributed by atoms with Gasteiger partial charge in [-0.3, -0.25) is 0 Å². The van der Waals surface area contributed by atoms with Crippen molar-refractivity contribution in [2.24, 2.45) is 0 Å². The molecule has 0 amide bonds. The van der Waals surface area contributed by atoms with Gasteiger partial charge in [0, 0.05) is 23.7 Å². The monoisotopic (exact) mass is 495 g/mol. The first kappa shape index (κ1) is 23.1. The maximum Gasteiger partial charge on any atom is 0.341 e. The predicted octanol–water partition coefficient (Wildman–Crippen LogP) is 3.24. The van der Waals surface area contributed by atoms with E-state index in [1.807, 2.05) is 0 Å². The summed E-state index contributed by atoms with van der Waals surface area (Å²) in [6, 6.07) is 6.53. The number of anilines is 2. The third-order valence-electron chi connectivity index (χ3n) is 5.49. The van der Waals surface area contributed by atoms with Crippen molar-refractivity contribution >= 4 is 55.3 Å². The van der Waals surface area contributed by atoms with Gasteiger partial charge in [-0.05, 0) is 61.7 Å². The normalized spacial score (nSPS) is 16.8. The van der Waals surface area contributed by atoms with Gasteiger partial charge >= 0.3 is 5.97 Å². The molecule has 0 bridgehead atoms. The number of morpholine rings is 1. The van der Waals surface area contributed by atoms with Gasteiger partial charge < -0.3 is 20.1 Å².